The van der Waals surface area contributed by atoms with Gasteiger partial charge in [0.2, 0.25) is 0 Å². The van der Waals surface area contributed by atoms with E-state index in [-0.39, 0.29) is 12.5 Å². The van der Waals surface area contributed by atoms with Crippen LogP contribution in [0.5, 0.6) is 5.88 Å². The van der Waals surface area contributed by atoms with Gasteiger partial charge < -0.3 is 14.5 Å². The maximum Gasteiger partial charge on any atom is 0.278 e. The summed E-state index contributed by atoms with van der Waals surface area (Å²) in [5.41, 5.74) is 2.52. The lowest BCUT2D eigenvalue weighted by Crippen LogP contribution is -2.29. The second-order valence-electron chi connectivity index (χ2n) is 4.73. The predicted molar refractivity (Wildman–Crippen MR) is 76.8 cm³/mol. The molecule has 22 heavy (non-hydrogen) atoms. The van der Waals surface area contributed by atoms with Crippen molar-refractivity contribution in [2.45, 2.75) is 13.8 Å². The van der Waals surface area contributed by atoms with Crippen LogP contribution in [0.2, 0.25) is 0 Å². The lowest BCUT2D eigenvalue weighted by atomic mass is 10.3. The molecule has 0 unspecified atom stereocenters. The molecule has 0 saturated carbocycles. The highest BCUT2D eigenvalue weighted by molar-refractivity contribution is 5.94. The van der Waals surface area contributed by atoms with Gasteiger partial charge in [-0.1, -0.05) is 11.2 Å². The summed E-state index contributed by atoms with van der Waals surface area (Å²) < 4.78 is 11.7. The first-order valence-corrected chi connectivity index (χ1v) is 6.80. The molecular formula is C14H15N5O3. The first kappa shape index (κ1) is 14.1. The monoisotopic (exact) mass is 301 g/mol. The zero-order valence-electron chi connectivity index (χ0n) is 12.2. The van der Waals surface area contributed by atoms with Gasteiger partial charge in [0.1, 0.15) is 23.6 Å². The summed E-state index contributed by atoms with van der Waals surface area (Å²) in [5, 5.41) is 9.96. The number of nitrogens with zero attached hydrogens (tertiary/aromatic N) is 4. The van der Waals surface area contributed by atoms with Gasteiger partial charge in [-0.15, -0.1) is 0 Å². The number of fused-ring (bicyclic) bond motifs is 1. The number of aryl methyl sites for hydroxylation is 2. The first-order valence-electron chi connectivity index (χ1n) is 6.80. The van der Waals surface area contributed by atoms with Gasteiger partial charge in [-0.2, -0.15) is 0 Å². The number of hydrogen-bond donors (Lipinski definition) is 1. The molecule has 0 radical (unpaired) electrons. The summed E-state index contributed by atoms with van der Waals surface area (Å²) in [5.74, 6) is 0.0953. The molecule has 3 aromatic heterocycles. The van der Waals surface area contributed by atoms with Crippen molar-refractivity contribution in [3.05, 3.63) is 41.5 Å². The second kappa shape index (κ2) is 5.84. The Balaban J connectivity index is 1.59. The lowest BCUT2D eigenvalue weighted by molar-refractivity contribution is 0.0941. The molecule has 8 heteroatoms. The van der Waals surface area contributed by atoms with E-state index in [1.54, 1.807) is 6.92 Å². The van der Waals surface area contributed by atoms with E-state index in [4.69, 9.17) is 4.74 Å². The maximum atomic E-state index is 12.2. The van der Waals surface area contributed by atoms with Crippen molar-refractivity contribution in [3.8, 4) is 5.88 Å². The van der Waals surface area contributed by atoms with Gasteiger partial charge in [-0.25, -0.2) is 9.61 Å². The maximum absolute atomic E-state index is 12.2. The van der Waals surface area contributed by atoms with Gasteiger partial charge in [-0.05, 0) is 31.1 Å². The predicted octanol–water partition coefficient (Wildman–Crippen LogP) is 1.14. The number of aromatic nitrogens is 4. The smallest absolute Gasteiger partial charge is 0.278 e. The number of rotatable bonds is 5. The van der Waals surface area contributed by atoms with E-state index < -0.39 is 0 Å². The summed E-state index contributed by atoms with van der Waals surface area (Å²) in [6, 6.07) is 5.63. The Morgan fingerprint density at radius 1 is 1.36 bits per heavy atom. The minimum Gasteiger partial charge on any atom is -0.472 e. The molecule has 0 aromatic carbocycles. The highest BCUT2D eigenvalue weighted by Crippen LogP contribution is 2.11. The van der Waals surface area contributed by atoms with Crippen molar-refractivity contribution >= 4 is 11.6 Å². The fourth-order valence-electron chi connectivity index (χ4n) is 2.08. The quantitative estimate of drug-likeness (QED) is 0.710. The Morgan fingerprint density at radius 3 is 2.95 bits per heavy atom. The molecule has 8 nitrogen and oxygen atoms in total. The Hall–Kier alpha value is -2.90. The van der Waals surface area contributed by atoms with E-state index >= 15 is 0 Å². The highest BCUT2D eigenvalue weighted by Gasteiger charge is 2.15. The summed E-state index contributed by atoms with van der Waals surface area (Å²) in [6.07, 6.45) is 1.87. The van der Waals surface area contributed by atoms with E-state index in [2.05, 4.69) is 25.2 Å². The minimum absolute atomic E-state index is 0.236. The largest absolute Gasteiger partial charge is 0.472 e. The molecule has 0 aliphatic heterocycles. The zero-order chi connectivity index (χ0) is 15.5. The normalized spacial score (nSPS) is 10.8. The molecule has 0 aliphatic rings. The van der Waals surface area contributed by atoms with Crippen LogP contribution in [0.4, 0.5) is 0 Å². The Morgan fingerprint density at radius 2 is 2.23 bits per heavy atom. The van der Waals surface area contributed by atoms with Crippen molar-refractivity contribution in [2.75, 3.05) is 13.2 Å². The fraction of sp³-hybridized carbons (Fsp3) is 0.286. The molecule has 0 aliphatic carbocycles. The van der Waals surface area contributed by atoms with Crippen molar-refractivity contribution in [1.29, 1.82) is 0 Å². The number of amides is 1. The highest BCUT2D eigenvalue weighted by atomic mass is 16.6. The van der Waals surface area contributed by atoms with Crippen LogP contribution in [0.3, 0.4) is 0 Å². The minimum atomic E-state index is -0.236. The van der Waals surface area contributed by atoms with Gasteiger partial charge in [-0.3, -0.25) is 4.79 Å². The third kappa shape index (κ3) is 2.62. The second-order valence-corrected chi connectivity index (χ2v) is 4.73. The topological polar surface area (TPSA) is 94.5 Å². The van der Waals surface area contributed by atoms with Crippen LogP contribution in [0.1, 0.15) is 21.9 Å². The summed E-state index contributed by atoms with van der Waals surface area (Å²) >= 11 is 0. The number of ether oxygens (including phenoxy) is 1. The van der Waals surface area contributed by atoms with Crippen molar-refractivity contribution < 1.29 is 14.2 Å². The average Bonchev–Trinajstić information content (AvgIpc) is 3.08. The molecule has 0 saturated heterocycles. The molecule has 3 rings (SSSR count). The van der Waals surface area contributed by atoms with E-state index in [9.17, 15) is 4.79 Å². The Kier molecular flexibility index (Phi) is 3.73. The number of imidazole rings is 1. The van der Waals surface area contributed by atoms with Crippen LogP contribution in [-0.4, -0.2) is 38.8 Å². The van der Waals surface area contributed by atoms with Gasteiger partial charge in [0.25, 0.3) is 11.8 Å². The van der Waals surface area contributed by atoms with Crippen LogP contribution in [0.15, 0.2) is 29.0 Å². The number of carbonyl (C=O) groups is 1. The van der Waals surface area contributed by atoms with Crippen LogP contribution in [0.25, 0.3) is 5.65 Å². The zero-order valence-corrected chi connectivity index (χ0v) is 12.2. The molecule has 0 bridgehead atoms. The number of pyridine rings is 1. The molecule has 1 N–H and O–H groups in total. The molecule has 114 valence electrons. The molecule has 0 atom stereocenters. The van der Waals surface area contributed by atoms with E-state index in [1.165, 1.54) is 0 Å². The fourth-order valence-corrected chi connectivity index (χ4v) is 2.08. The van der Waals surface area contributed by atoms with Crippen molar-refractivity contribution in [3.63, 3.8) is 0 Å². The van der Waals surface area contributed by atoms with E-state index in [0.29, 0.717) is 23.8 Å². The summed E-state index contributed by atoms with van der Waals surface area (Å²) in [6.45, 7) is 4.19. The average molecular weight is 301 g/mol. The van der Waals surface area contributed by atoms with Crippen molar-refractivity contribution in [1.82, 2.24) is 25.0 Å². The van der Waals surface area contributed by atoms with E-state index in [1.807, 2.05) is 35.7 Å². The molecule has 0 fully saturated rings. The summed E-state index contributed by atoms with van der Waals surface area (Å²) in [7, 11) is 0. The van der Waals surface area contributed by atoms with Gasteiger partial charge in [0.15, 0.2) is 0 Å². The molecule has 3 heterocycles. The van der Waals surface area contributed by atoms with Crippen LogP contribution >= 0.6 is 0 Å². The first-order chi connectivity index (χ1) is 10.7. The number of hydrogen-bond acceptors (Lipinski definition) is 6. The molecule has 3 aromatic rings. The van der Waals surface area contributed by atoms with Gasteiger partial charge in [0.05, 0.1) is 12.2 Å². The summed E-state index contributed by atoms with van der Waals surface area (Å²) in [4.78, 5) is 16.5. The number of nitrogens with one attached hydrogen (secondary N) is 1. The van der Waals surface area contributed by atoms with Crippen LogP contribution in [0, 0.1) is 13.8 Å². The third-order valence-electron chi connectivity index (χ3n) is 3.22. The van der Waals surface area contributed by atoms with Crippen molar-refractivity contribution in [2.24, 2.45) is 0 Å². The van der Waals surface area contributed by atoms with E-state index in [0.717, 1.165) is 11.3 Å². The molecule has 1 amide bonds. The molecule has 0 spiro atoms. The number of carbonyl (C=O) groups excluding carboxylic acids is 1. The standard InChI is InChI=1S/C14H15N5O3/c1-9-14(18-22-17-9)21-8-6-15-13(20)12-10(2)19-7-4-3-5-11(19)16-12/h3-5,7H,6,8H2,1-2H3,(H,15,20). The van der Waals surface area contributed by atoms with Gasteiger partial charge in [0, 0.05) is 6.20 Å². The SMILES string of the molecule is Cc1nonc1OCCNC(=O)c1nc2ccccn2c1C. The van der Waals surface area contributed by atoms with Crippen LogP contribution in [-0.2, 0) is 0 Å². The molecular weight excluding hydrogens is 286 g/mol. The van der Waals surface area contributed by atoms with Crippen LogP contribution < -0.4 is 10.1 Å². The Labute approximate surface area is 126 Å². The Bertz CT molecular complexity index is 808. The third-order valence-corrected chi connectivity index (χ3v) is 3.22. The lowest BCUT2D eigenvalue weighted by Gasteiger charge is -2.04. The van der Waals surface area contributed by atoms with Gasteiger partial charge >= 0.3 is 0 Å².